The molecule has 0 fully saturated rings. The van der Waals surface area contributed by atoms with E-state index < -0.39 is 0 Å². The Kier molecular flexibility index (Phi) is 56.3. The third-order valence-electron chi connectivity index (χ3n) is 20.2. The lowest BCUT2D eigenvalue weighted by Crippen LogP contribution is -2.04. The lowest BCUT2D eigenvalue weighted by atomic mass is 10.0. The molecule has 0 spiro atoms. The van der Waals surface area contributed by atoms with Crippen LogP contribution in [0.3, 0.4) is 0 Å². The number of hydrogen-bond acceptors (Lipinski definition) is 27. The summed E-state index contributed by atoms with van der Waals surface area (Å²) in [6.07, 6.45) is 1.74. The maximum Gasteiger partial charge on any atom is 0.197 e. The first-order valence-electron chi connectivity index (χ1n) is 44.7. The number of furan rings is 1. The minimum absolute atomic E-state index is 0.0111. The summed E-state index contributed by atoms with van der Waals surface area (Å²) in [5.41, 5.74) is 20.7. The van der Waals surface area contributed by atoms with Gasteiger partial charge in [-0.3, -0.25) is 47.8 Å². The Morgan fingerprint density at radius 3 is 1.24 bits per heavy atom. The van der Waals surface area contributed by atoms with Gasteiger partial charge in [-0.25, -0.2) is 9.97 Å². The number of rotatable bonds is 19. The van der Waals surface area contributed by atoms with E-state index in [0.717, 1.165) is 164 Å². The van der Waals surface area contributed by atoms with Crippen molar-refractivity contribution in [2.24, 2.45) is 7.05 Å². The second kappa shape index (κ2) is 62.1. The van der Waals surface area contributed by atoms with Gasteiger partial charge in [-0.1, -0.05) is 110 Å². The van der Waals surface area contributed by atoms with Crippen LogP contribution in [0.25, 0.3) is 31.1 Å². The molecule has 0 radical (unpaired) electrons. The quantitative estimate of drug-likeness (QED) is 0.0336. The van der Waals surface area contributed by atoms with Crippen molar-refractivity contribution in [1.29, 1.82) is 0 Å². The molecular formula is C106H150N14O10S4. The first-order chi connectivity index (χ1) is 63.4. The van der Waals surface area contributed by atoms with Crippen molar-refractivity contribution in [3.63, 3.8) is 0 Å². The molecule has 0 amide bonds. The number of thiophene rings is 4. The van der Waals surface area contributed by atoms with Crippen LogP contribution in [0.15, 0.2) is 126 Å². The van der Waals surface area contributed by atoms with Gasteiger partial charge in [0.25, 0.3) is 0 Å². The van der Waals surface area contributed by atoms with Gasteiger partial charge in [0.05, 0.1) is 59.3 Å². The van der Waals surface area contributed by atoms with Crippen LogP contribution in [0.2, 0.25) is 0 Å². The molecule has 0 aliphatic heterocycles. The highest BCUT2D eigenvalue weighted by molar-refractivity contribution is 7.22. The zero-order valence-corrected chi connectivity index (χ0v) is 90.3. The summed E-state index contributed by atoms with van der Waals surface area (Å²) in [5, 5.41) is 39.9. The lowest BCUT2D eigenvalue weighted by Gasteiger charge is -2.09. The fourth-order valence-corrected chi connectivity index (χ4v) is 17.3. The summed E-state index contributed by atoms with van der Waals surface area (Å²) in [6, 6.07) is 37.2. The highest BCUT2D eigenvalue weighted by atomic mass is 32.1. The van der Waals surface area contributed by atoms with Gasteiger partial charge < -0.3 is 57.6 Å². The van der Waals surface area contributed by atoms with E-state index in [-0.39, 0.29) is 52.0 Å². The molecule has 8 aromatic heterocycles. The van der Waals surface area contributed by atoms with Crippen LogP contribution in [-0.4, -0.2) is 142 Å². The molecule has 0 unspecified atom stereocenters. The molecule has 24 nitrogen and oxygen atoms in total. The van der Waals surface area contributed by atoms with Crippen LogP contribution in [0, 0.1) is 83.1 Å². The largest absolute Gasteiger partial charge is 0.456 e. The van der Waals surface area contributed by atoms with Crippen LogP contribution < -0.4 is 53.2 Å². The van der Waals surface area contributed by atoms with Crippen molar-refractivity contribution in [3.05, 3.63) is 236 Å². The predicted molar refractivity (Wildman–Crippen MR) is 581 cm³/mol. The Hall–Kier alpha value is -12.5. The number of carbonyl (C=O) groups is 9. The van der Waals surface area contributed by atoms with E-state index in [4.69, 9.17) is 4.42 Å². The molecular weight excluding hydrogens is 1760 g/mol. The van der Waals surface area contributed by atoms with Gasteiger partial charge in [0, 0.05) is 194 Å². The Balaban J connectivity index is 0.00000146. The lowest BCUT2D eigenvalue weighted by molar-refractivity contribution is 0.0981. The summed E-state index contributed by atoms with van der Waals surface area (Å²) in [5.74, 6) is 3.03. The smallest absolute Gasteiger partial charge is 0.197 e. The molecule has 8 heterocycles. The summed E-state index contributed by atoms with van der Waals surface area (Å²) < 4.78 is 8.29. The molecule has 0 saturated heterocycles. The van der Waals surface area contributed by atoms with E-state index >= 15 is 0 Å². The molecule has 0 aliphatic carbocycles. The Labute approximate surface area is 813 Å². The molecule has 28 heteroatoms. The van der Waals surface area contributed by atoms with E-state index in [2.05, 4.69) is 75.2 Å². The second-order valence-corrected chi connectivity index (χ2v) is 33.7. The fourth-order valence-electron chi connectivity index (χ4n) is 13.0. The molecule has 10 N–H and O–H groups in total. The van der Waals surface area contributed by atoms with Gasteiger partial charge in [0.1, 0.15) is 22.1 Å². The van der Waals surface area contributed by atoms with E-state index in [1.54, 1.807) is 103 Å². The Bertz CT molecular complexity index is 5850. The van der Waals surface area contributed by atoms with Crippen molar-refractivity contribution in [2.45, 2.75) is 201 Å². The fraction of sp³-hybridized carbons (Fsp3) is 0.377. The number of benzene rings is 5. The Morgan fingerprint density at radius 2 is 0.813 bits per heavy atom. The molecule has 728 valence electrons. The molecule has 13 aromatic rings. The first kappa shape index (κ1) is 121. The van der Waals surface area contributed by atoms with Crippen LogP contribution >= 0.6 is 45.3 Å². The average molecular weight is 1910 g/mol. The Morgan fingerprint density at radius 1 is 0.351 bits per heavy atom. The monoisotopic (exact) mass is 1910 g/mol. The number of nitrogens with zero attached hydrogens (tertiary/aromatic N) is 4. The number of ketones is 9. The highest BCUT2D eigenvalue weighted by Crippen LogP contribution is 2.38. The van der Waals surface area contributed by atoms with Crippen molar-refractivity contribution in [2.75, 3.05) is 124 Å². The van der Waals surface area contributed by atoms with E-state index in [1.165, 1.54) is 51.6 Å². The van der Waals surface area contributed by atoms with E-state index in [9.17, 15) is 43.2 Å². The average Bonchev–Trinajstić information content (AvgIpc) is 1.36. The van der Waals surface area contributed by atoms with Crippen LogP contribution in [0.5, 0.6) is 0 Å². The number of fused-ring (bicyclic) bond motifs is 3. The van der Waals surface area contributed by atoms with Gasteiger partial charge in [0.2, 0.25) is 0 Å². The minimum Gasteiger partial charge on any atom is -0.456 e. The second-order valence-electron chi connectivity index (χ2n) is 29.2. The predicted octanol–water partition coefficient (Wildman–Crippen LogP) is 27.7. The number of carbonyl (C=O) groups excluding carboxylic acids is 9. The van der Waals surface area contributed by atoms with Crippen molar-refractivity contribution in [1.82, 2.24) is 19.7 Å². The van der Waals surface area contributed by atoms with Crippen molar-refractivity contribution in [3.8, 4) is 0 Å². The van der Waals surface area contributed by atoms with Gasteiger partial charge in [0.15, 0.2) is 57.8 Å². The van der Waals surface area contributed by atoms with E-state index in [0.29, 0.717) is 11.5 Å². The molecule has 0 aliphatic rings. The molecule has 0 atom stereocenters. The number of aryl methyl sites for hydroxylation is 9. The standard InChI is InChI=1S/C13H13NO.C11H11NOS.C11H15NO.C10H10N2OS.C10H13NO.C9H12N2O.C9H13NO2.2C9H13NOS.C7H13N3.4C2H6/c1-9(15)12-7-10-5-3-4-6-11(10)8-13(12)14-2;1-7(13)11-10(12-2)8-5-3-4-6-9(8)14-11;1-7-5-10(9(3)13)11(12-4)6-8(7)2;1-6(13)9-8(11-2)7-4-3-5-12-10(7)14-9;1-7-5-4-6-9(8(2)12)10(7)11-3;1-6-4-5-8(10-3)9(11-6)7(2)12;2*1-5-7(3)12-9(6(2)11)8(5)10-4;1-5-7(3)12-9(10-4)8(5)6(2)11;1-5-6(2)9-10(4)7(5)8-3;4*1-2/h3-8,14H,1-2H3;3-6,12H,1-2H3;5-6,12H,1-4H3;3-5,11H,1-2H3;4-6,11H,1-3H3;4-5,10H,1-3H3;3*10H,1-4H3;8H,1-4H3;4*1-2H3. The molecule has 0 bridgehead atoms. The van der Waals surface area contributed by atoms with Crippen LogP contribution in [0.4, 0.5) is 56.3 Å². The zero-order valence-electron chi connectivity index (χ0n) is 87.1. The number of hydrogen-bond donors (Lipinski definition) is 10. The topological polar surface area (TPSA) is 331 Å². The summed E-state index contributed by atoms with van der Waals surface area (Å²) >= 11 is 6.18. The number of pyridine rings is 2. The first-order valence-corrected chi connectivity index (χ1v) is 48.0. The molecule has 0 saturated carbocycles. The highest BCUT2D eigenvalue weighted by Gasteiger charge is 2.21. The summed E-state index contributed by atoms with van der Waals surface area (Å²) in [4.78, 5) is 115. The van der Waals surface area contributed by atoms with E-state index in [1.807, 2.05) is 315 Å². The molecule has 134 heavy (non-hydrogen) atoms. The van der Waals surface area contributed by atoms with Gasteiger partial charge in [-0.2, -0.15) is 5.10 Å². The van der Waals surface area contributed by atoms with Crippen LogP contribution in [0.1, 0.15) is 275 Å². The third kappa shape index (κ3) is 34.8. The maximum absolute atomic E-state index is 11.4. The van der Waals surface area contributed by atoms with Crippen molar-refractivity contribution >= 4 is 185 Å². The summed E-state index contributed by atoms with van der Waals surface area (Å²) in [7, 11) is 20.2. The van der Waals surface area contributed by atoms with Gasteiger partial charge >= 0.3 is 0 Å². The maximum atomic E-state index is 11.4. The number of Topliss-reactive ketones (excluding diaryl/α,β-unsaturated/α-hetero) is 9. The van der Waals surface area contributed by atoms with Crippen LogP contribution in [-0.2, 0) is 7.05 Å². The molecule has 13 rings (SSSR count). The van der Waals surface area contributed by atoms with Gasteiger partial charge in [-0.05, 0) is 210 Å². The number of anilines is 10. The normalized spacial score (nSPS) is 9.61. The number of para-hydroxylation sites is 1. The van der Waals surface area contributed by atoms with Gasteiger partial charge in [-0.15, -0.1) is 45.3 Å². The number of aromatic nitrogens is 4. The SMILES string of the molecule is CC.CC.CC.CC.CNc1c(C(C)=O)oc(C)c1C.CNc1c(C(C)=O)sc(C)c1C.CNc1c(C(C)=O)sc2ccccc12.CNc1c(C(C)=O)sc2ncccc12.CNc1c(C)c(C)nn1C.CNc1c(C)cccc1C(C)=O.CNc1cc(C)c(C)cc1C(C)=O.CNc1cc2ccccc2cc1C(C)=O.CNc1ccc(C)nc1C(C)=O.CNc1sc(C)c(C)c1C(C)=O. The minimum atomic E-state index is -0.0458. The zero-order chi connectivity index (χ0) is 103. The van der Waals surface area contributed by atoms with Crippen molar-refractivity contribution < 1.29 is 47.6 Å². The summed E-state index contributed by atoms with van der Waals surface area (Å²) in [6.45, 7) is 54.0. The number of nitrogens with one attached hydrogen (secondary N) is 10. The third-order valence-corrected chi connectivity index (χ3v) is 25.2. The molecule has 5 aromatic carbocycles.